The van der Waals surface area contributed by atoms with Gasteiger partial charge in [-0.25, -0.2) is 0 Å². The molecule has 4 heteroatoms. The van der Waals surface area contributed by atoms with Gasteiger partial charge < -0.3 is 5.32 Å². The van der Waals surface area contributed by atoms with Crippen molar-refractivity contribution in [3.05, 3.63) is 36.0 Å². The van der Waals surface area contributed by atoms with Crippen molar-refractivity contribution in [3.63, 3.8) is 0 Å². The van der Waals surface area contributed by atoms with E-state index in [0.29, 0.717) is 0 Å². The van der Waals surface area contributed by atoms with Crippen molar-refractivity contribution in [2.24, 2.45) is 11.8 Å². The standard InChI is InChI=1S/C17H24N4/c1-13-7-5-6-10-15(13)11-18-12-16-17(20-21-19-16)14-8-3-2-4-9-14/h2-4,8-9,13,15,18H,5-7,10-12H2,1H3,(H,19,20,21). The molecule has 1 aliphatic rings. The molecule has 2 N–H and O–H groups in total. The molecule has 0 radical (unpaired) electrons. The molecule has 1 aliphatic carbocycles. The minimum absolute atomic E-state index is 0.782. The number of nitrogens with zero attached hydrogens (tertiary/aromatic N) is 2. The summed E-state index contributed by atoms with van der Waals surface area (Å²) < 4.78 is 0. The van der Waals surface area contributed by atoms with Gasteiger partial charge in [0.15, 0.2) is 0 Å². The van der Waals surface area contributed by atoms with Crippen LogP contribution in [0.4, 0.5) is 0 Å². The predicted molar refractivity (Wildman–Crippen MR) is 84.6 cm³/mol. The summed E-state index contributed by atoms with van der Waals surface area (Å²) in [6.45, 7) is 4.25. The van der Waals surface area contributed by atoms with E-state index in [2.05, 4.69) is 39.8 Å². The SMILES string of the molecule is CC1CCCCC1CNCc1n[nH]nc1-c1ccccc1. The van der Waals surface area contributed by atoms with Crippen LogP contribution in [0.3, 0.4) is 0 Å². The second kappa shape index (κ2) is 6.85. The fourth-order valence-electron chi connectivity index (χ4n) is 3.28. The van der Waals surface area contributed by atoms with Crippen LogP contribution >= 0.6 is 0 Å². The zero-order valence-electron chi connectivity index (χ0n) is 12.7. The Kier molecular flexibility index (Phi) is 4.65. The monoisotopic (exact) mass is 284 g/mol. The van der Waals surface area contributed by atoms with Gasteiger partial charge in [0.05, 0.1) is 0 Å². The molecule has 0 amide bonds. The molecule has 1 saturated carbocycles. The van der Waals surface area contributed by atoms with E-state index in [4.69, 9.17) is 0 Å². The lowest BCUT2D eigenvalue weighted by Gasteiger charge is -2.28. The number of rotatable bonds is 5. The van der Waals surface area contributed by atoms with E-state index in [9.17, 15) is 0 Å². The van der Waals surface area contributed by atoms with E-state index < -0.39 is 0 Å². The average molecular weight is 284 g/mol. The van der Waals surface area contributed by atoms with Gasteiger partial charge >= 0.3 is 0 Å². The van der Waals surface area contributed by atoms with Gasteiger partial charge in [0.2, 0.25) is 0 Å². The molecule has 1 heterocycles. The second-order valence-corrected chi connectivity index (χ2v) is 6.14. The third-order valence-electron chi connectivity index (χ3n) is 4.66. The van der Waals surface area contributed by atoms with E-state index in [1.807, 2.05) is 18.2 Å². The van der Waals surface area contributed by atoms with Gasteiger partial charge in [-0.15, -0.1) is 0 Å². The number of hydrogen-bond acceptors (Lipinski definition) is 3. The van der Waals surface area contributed by atoms with E-state index in [1.54, 1.807) is 0 Å². The van der Waals surface area contributed by atoms with Crippen LogP contribution in [0.25, 0.3) is 11.3 Å². The summed E-state index contributed by atoms with van der Waals surface area (Å²) in [5, 5.41) is 14.9. The highest BCUT2D eigenvalue weighted by molar-refractivity contribution is 5.60. The quantitative estimate of drug-likeness (QED) is 0.885. The molecule has 0 bridgehead atoms. The van der Waals surface area contributed by atoms with Crippen LogP contribution in [0.15, 0.2) is 30.3 Å². The van der Waals surface area contributed by atoms with Crippen molar-refractivity contribution < 1.29 is 0 Å². The van der Waals surface area contributed by atoms with Crippen LogP contribution in [0.2, 0.25) is 0 Å². The summed E-state index contributed by atoms with van der Waals surface area (Å²) in [4.78, 5) is 0. The molecule has 2 unspecified atom stereocenters. The molecule has 0 spiro atoms. The molecule has 21 heavy (non-hydrogen) atoms. The number of aromatic nitrogens is 3. The summed E-state index contributed by atoms with van der Waals surface area (Å²) in [5.41, 5.74) is 3.08. The lowest BCUT2D eigenvalue weighted by Crippen LogP contribution is -2.29. The Bertz CT molecular complexity index is 549. The Balaban J connectivity index is 1.58. The van der Waals surface area contributed by atoms with Crippen LogP contribution in [-0.4, -0.2) is 22.0 Å². The van der Waals surface area contributed by atoms with Gasteiger partial charge in [-0.2, -0.15) is 15.4 Å². The van der Waals surface area contributed by atoms with Gasteiger partial charge in [0.1, 0.15) is 11.4 Å². The molecule has 112 valence electrons. The van der Waals surface area contributed by atoms with Crippen LogP contribution in [-0.2, 0) is 6.54 Å². The average Bonchev–Trinajstić information content (AvgIpc) is 2.99. The zero-order valence-corrected chi connectivity index (χ0v) is 12.7. The summed E-state index contributed by atoms with van der Waals surface area (Å²) in [6.07, 6.45) is 5.53. The lowest BCUT2D eigenvalue weighted by atomic mass is 9.80. The Morgan fingerprint density at radius 3 is 2.76 bits per heavy atom. The molecule has 1 aromatic carbocycles. The van der Waals surface area contributed by atoms with Crippen molar-refractivity contribution in [1.82, 2.24) is 20.7 Å². The molecule has 0 aliphatic heterocycles. The molecular weight excluding hydrogens is 260 g/mol. The highest BCUT2D eigenvalue weighted by atomic mass is 15.3. The molecule has 1 aromatic heterocycles. The highest BCUT2D eigenvalue weighted by Crippen LogP contribution is 2.29. The topological polar surface area (TPSA) is 53.6 Å². The third-order valence-corrected chi connectivity index (χ3v) is 4.66. The van der Waals surface area contributed by atoms with Gasteiger partial charge in [0.25, 0.3) is 0 Å². The fourth-order valence-corrected chi connectivity index (χ4v) is 3.28. The van der Waals surface area contributed by atoms with Crippen molar-refractivity contribution in [2.75, 3.05) is 6.54 Å². The van der Waals surface area contributed by atoms with Crippen LogP contribution in [0.5, 0.6) is 0 Å². The molecule has 2 atom stereocenters. The van der Waals surface area contributed by atoms with Crippen molar-refractivity contribution in [1.29, 1.82) is 0 Å². The van der Waals surface area contributed by atoms with E-state index in [-0.39, 0.29) is 0 Å². The first-order valence-electron chi connectivity index (χ1n) is 8.00. The molecular formula is C17H24N4. The van der Waals surface area contributed by atoms with Crippen molar-refractivity contribution >= 4 is 0 Å². The number of H-pyrrole nitrogens is 1. The van der Waals surface area contributed by atoms with Crippen LogP contribution in [0.1, 0.15) is 38.3 Å². The number of aromatic amines is 1. The Hall–Kier alpha value is -1.68. The smallest absolute Gasteiger partial charge is 0.117 e. The zero-order chi connectivity index (χ0) is 14.5. The molecule has 0 saturated heterocycles. The minimum atomic E-state index is 0.782. The van der Waals surface area contributed by atoms with Gasteiger partial charge in [0, 0.05) is 12.1 Å². The Morgan fingerprint density at radius 2 is 1.95 bits per heavy atom. The highest BCUT2D eigenvalue weighted by Gasteiger charge is 2.21. The lowest BCUT2D eigenvalue weighted by molar-refractivity contribution is 0.247. The maximum Gasteiger partial charge on any atom is 0.117 e. The second-order valence-electron chi connectivity index (χ2n) is 6.14. The summed E-state index contributed by atoms with van der Waals surface area (Å²) >= 11 is 0. The van der Waals surface area contributed by atoms with Gasteiger partial charge in [-0.1, -0.05) is 56.5 Å². The fraction of sp³-hybridized carbons (Fsp3) is 0.529. The first-order valence-corrected chi connectivity index (χ1v) is 8.00. The van der Waals surface area contributed by atoms with Gasteiger partial charge in [-0.05, 0) is 24.8 Å². The van der Waals surface area contributed by atoms with E-state index in [1.165, 1.54) is 25.7 Å². The van der Waals surface area contributed by atoms with Crippen LogP contribution < -0.4 is 5.32 Å². The molecule has 1 fully saturated rings. The Labute approximate surface area is 126 Å². The van der Waals surface area contributed by atoms with Crippen LogP contribution in [0, 0.1) is 11.8 Å². The number of nitrogens with one attached hydrogen (secondary N) is 2. The number of hydrogen-bond donors (Lipinski definition) is 2. The largest absolute Gasteiger partial charge is 0.311 e. The van der Waals surface area contributed by atoms with E-state index in [0.717, 1.165) is 41.9 Å². The first-order chi connectivity index (χ1) is 10.3. The maximum absolute atomic E-state index is 4.30. The summed E-state index contributed by atoms with van der Waals surface area (Å²) in [7, 11) is 0. The predicted octanol–water partition coefficient (Wildman–Crippen LogP) is 3.39. The van der Waals surface area contributed by atoms with Crippen molar-refractivity contribution in [3.8, 4) is 11.3 Å². The normalized spacial score (nSPS) is 22.3. The summed E-state index contributed by atoms with van der Waals surface area (Å²) in [5.74, 6) is 1.66. The van der Waals surface area contributed by atoms with Gasteiger partial charge in [-0.3, -0.25) is 0 Å². The molecule has 4 nitrogen and oxygen atoms in total. The third kappa shape index (κ3) is 3.50. The van der Waals surface area contributed by atoms with E-state index >= 15 is 0 Å². The summed E-state index contributed by atoms with van der Waals surface area (Å²) in [6, 6.07) is 10.2. The number of benzene rings is 1. The van der Waals surface area contributed by atoms with Crippen molar-refractivity contribution in [2.45, 2.75) is 39.2 Å². The minimum Gasteiger partial charge on any atom is -0.311 e. The molecule has 2 aromatic rings. The maximum atomic E-state index is 4.30. The first kappa shape index (κ1) is 14.3. The Morgan fingerprint density at radius 1 is 1.14 bits per heavy atom. The molecule has 3 rings (SSSR count).